The lowest BCUT2D eigenvalue weighted by atomic mass is 9.56. The maximum Gasteiger partial charge on any atom is 0.267 e. The Hall–Kier alpha value is -2.18. The normalized spacial score (nSPS) is 20.1. The quantitative estimate of drug-likeness (QED) is 0.748. The lowest BCUT2D eigenvalue weighted by Gasteiger charge is -2.59. The fourth-order valence-electron chi connectivity index (χ4n) is 5.94. The second-order valence-corrected chi connectivity index (χ2v) is 10.3. The number of amides is 1. The lowest BCUT2D eigenvalue weighted by Crippen LogP contribution is -2.62. The fourth-order valence-corrected chi connectivity index (χ4v) is 6.20. The van der Waals surface area contributed by atoms with Gasteiger partial charge in [-0.3, -0.25) is 9.59 Å². The first kappa shape index (κ1) is 20.7. The summed E-state index contributed by atoms with van der Waals surface area (Å²) >= 11 is 6.30. The number of halogens is 1. The maximum absolute atomic E-state index is 12.4. The molecule has 2 aromatic rings. The second-order valence-electron chi connectivity index (χ2n) is 9.86. The summed E-state index contributed by atoms with van der Waals surface area (Å²) in [4.78, 5) is 28.3. The number of carbonyl (C=O) groups excluding carboxylic acids is 1. The largest absolute Gasteiger partial charge is 0.337 e. The molecular weight excluding hydrogens is 412 g/mol. The molecule has 0 bridgehead atoms. The molecule has 31 heavy (non-hydrogen) atoms. The van der Waals surface area contributed by atoms with Crippen LogP contribution in [0.25, 0.3) is 0 Å². The minimum Gasteiger partial charge on any atom is -0.337 e. The van der Waals surface area contributed by atoms with Crippen LogP contribution in [0.4, 0.5) is 0 Å². The van der Waals surface area contributed by atoms with Crippen molar-refractivity contribution < 1.29 is 4.79 Å². The molecule has 3 aliphatic rings. The number of benzene rings is 1. The Morgan fingerprint density at radius 1 is 1.23 bits per heavy atom. The number of H-pyrrole nitrogens is 1. The van der Waals surface area contributed by atoms with Gasteiger partial charge < -0.3 is 9.80 Å². The van der Waals surface area contributed by atoms with E-state index in [0.717, 1.165) is 48.1 Å². The van der Waals surface area contributed by atoms with Crippen molar-refractivity contribution in [3.8, 4) is 0 Å². The molecule has 7 heteroatoms. The van der Waals surface area contributed by atoms with Crippen molar-refractivity contribution in [1.82, 2.24) is 20.0 Å². The van der Waals surface area contributed by atoms with E-state index in [9.17, 15) is 9.59 Å². The molecule has 1 aromatic carbocycles. The average Bonchev–Trinajstić information content (AvgIpc) is 2.98. The van der Waals surface area contributed by atoms with E-state index in [4.69, 9.17) is 11.6 Å². The molecule has 2 fully saturated rings. The number of hydrogen-bond donors (Lipinski definition) is 1. The first-order valence-corrected chi connectivity index (χ1v) is 11.5. The molecule has 1 saturated heterocycles. The third-order valence-corrected chi connectivity index (χ3v) is 7.83. The number of aryl methyl sites for hydroxylation is 1. The third kappa shape index (κ3) is 3.70. The van der Waals surface area contributed by atoms with E-state index >= 15 is 0 Å². The number of carbonyl (C=O) groups is 1. The monoisotopic (exact) mass is 440 g/mol. The molecule has 0 atom stereocenters. The maximum atomic E-state index is 12.4. The van der Waals surface area contributed by atoms with E-state index in [1.807, 2.05) is 20.0 Å². The molecule has 1 N–H and O–H groups in total. The first-order valence-electron chi connectivity index (χ1n) is 11.2. The van der Waals surface area contributed by atoms with Crippen LogP contribution in [0.15, 0.2) is 23.1 Å². The van der Waals surface area contributed by atoms with Gasteiger partial charge in [-0.2, -0.15) is 5.10 Å². The zero-order valence-corrected chi connectivity index (χ0v) is 19.0. The lowest BCUT2D eigenvalue weighted by molar-refractivity contribution is -0.0937. The fraction of sp³-hybridized carbons (Fsp3) is 0.542. The molecule has 3 heterocycles. The Balaban J connectivity index is 1.10. The summed E-state index contributed by atoms with van der Waals surface area (Å²) < 4.78 is 0. The number of likely N-dealkylation sites (tertiary alicyclic amines) is 1. The van der Waals surface area contributed by atoms with E-state index in [-0.39, 0.29) is 11.5 Å². The van der Waals surface area contributed by atoms with Crippen LogP contribution in [-0.2, 0) is 19.4 Å². The van der Waals surface area contributed by atoms with Gasteiger partial charge in [-0.05, 0) is 79.7 Å². The van der Waals surface area contributed by atoms with Crippen molar-refractivity contribution >= 4 is 17.5 Å². The number of fused-ring (bicyclic) bond motifs is 1. The number of hydrogen-bond acceptors (Lipinski definition) is 4. The van der Waals surface area contributed by atoms with Gasteiger partial charge in [-0.15, -0.1) is 0 Å². The van der Waals surface area contributed by atoms with Gasteiger partial charge in [0.1, 0.15) is 0 Å². The molecule has 1 aliphatic carbocycles. The summed E-state index contributed by atoms with van der Waals surface area (Å²) in [6, 6.07) is 4.02. The number of aromatic amines is 1. The van der Waals surface area contributed by atoms with Crippen LogP contribution in [-0.4, -0.2) is 52.6 Å². The standard InChI is InChI=1S/C24H29ClN4O2/c1-15-18(11-26-27-22(15)30)4-3-7-29-13-24(14-29)9-16(10-24)8-17-5-6-20(25)21-19(17)12-28(2)23(21)31/h5-6,11,16H,3-4,7-10,12-14H2,1-2H3,(H,27,30). The predicted octanol–water partition coefficient (Wildman–Crippen LogP) is 3.20. The van der Waals surface area contributed by atoms with E-state index in [1.165, 1.54) is 31.5 Å². The minimum absolute atomic E-state index is 0.0487. The first-order chi connectivity index (χ1) is 14.8. The van der Waals surface area contributed by atoms with E-state index in [0.29, 0.717) is 22.9 Å². The van der Waals surface area contributed by atoms with Gasteiger partial charge in [-0.25, -0.2) is 5.10 Å². The summed E-state index contributed by atoms with van der Waals surface area (Å²) in [6.45, 7) is 6.01. The van der Waals surface area contributed by atoms with Crippen LogP contribution in [0.2, 0.25) is 5.02 Å². The van der Waals surface area contributed by atoms with E-state index in [2.05, 4.69) is 21.2 Å². The minimum atomic E-state index is -0.0803. The van der Waals surface area contributed by atoms with Crippen LogP contribution < -0.4 is 5.56 Å². The summed E-state index contributed by atoms with van der Waals surface area (Å²) in [5, 5.41) is 6.99. The topological polar surface area (TPSA) is 69.3 Å². The molecule has 1 aromatic heterocycles. The zero-order chi connectivity index (χ0) is 21.8. The Labute approximate surface area is 187 Å². The Bertz CT molecular complexity index is 1080. The van der Waals surface area contributed by atoms with Crippen molar-refractivity contribution in [1.29, 1.82) is 0 Å². The van der Waals surface area contributed by atoms with E-state index < -0.39 is 0 Å². The number of nitrogens with one attached hydrogen (secondary N) is 1. The summed E-state index contributed by atoms with van der Waals surface area (Å²) in [6.07, 6.45) is 7.36. The van der Waals surface area contributed by atoms with Crippen molar-refractivity contribution in [2.45, 2.75) is 45.6 Å². The molecule has 164 valence electrons. The van der Waals surface area contributed by atoms with Crippen LogP contribution in [0.3, 0.4) is 0 Å². The molecule has 1 amide bonds. The van der Waals surface area contributed by atoms with Gasteiger partial charge in [0.2, 0.25) is 0 Å². The smallest absolute Gasteiger partial charge is 0.267 e. The highest BCUT2D eigenvalue weighted by atomic mass is 35.5. The van der Waals surface area contributed by atoms with Gasteiger partial charge in [0.15, 0.2) is 0 Å². The van der Waals surface area contributed by atoms with Gasteiger partial charge >= 0.3 is 0 Å². The summed E-state index contributed by atoms with van der Waals surface area (Å²) in [7, 11) is 1.84. The van der Waals surface area contributed by atoms with Crippen LogP contribution in [0, 0.1) is 18.3 Å². The number of aromatic nitrogens is 2. The molecule has 0 radical (unpaired) electrons. The van der Waals surface area contributed by atoms with Gasteiger partial charge in [0, 0.05) is 32.2 Å². The number of nitrogens with zero attached hydrogens (tertiary/aromatic N) is 3. The molecule has 2 aliphatic heterocycles. The van der Waals surface area contributed by atoms with Crippen molar-refractivity contribution in [2.24, 2.45) is 11.3 Å². The van der Waals surface area contributed by atoms with Crippen molar-refractivity contribution in [2.75, 3.05) is 26.7 Å². The van der Waals surface area contributed by atoms with Crippen LogP contribution in [0.5, 0.6) is 0 Å². The van der Waals surface area contributed by atoms with Gasteiger partial charge in [0.05, 0.1) is 16.8 Å². The highest BCUT2D eigenvalue weighted by molar-refractivity contribution is 6.34. The molecule has 1 spiro atoms. The van der Waals surface area contributed by atoms with Crippen LogP contribution in [0.1, 0.15) is 51.9 Å². The molecule has 5 rings (SSSR count). The number of rotatable bonds is 6. The molecule has 0 unspecified atom stereocenters. The second kappa shape index (κ2) is 7.75. The average molecular weight is 441 g/mol. The third-order valence-electron chi connectivity index (χ3n) is 7.51. The van der Waals surface area contributed by atoms with Crippen molar-refractivity contribution in [3.63, 3.8) is 0 Å². The zero-order valence-electron chi connectivity index (χ0n) is 18.2. The van der Waals surface area contributed by atoms with Gasteiger partial charge in [-0.1, -0.05) is 17.7 Å². The SMILES string of the molecule is Cc1c(CCCN2CC3(CC(Cc4ccc(Cl)c5c4CN(C)C5=O)C3)C2)cn[nH]c1=O. The van der Waals surface area contributed by atoms with Crippen molar-refractivity contribution in [3.05, 3.63) is 61.5 Å². The Kier molecular flexibility index (Phi) is 5.18. The molecule has 1 saturated carbocycles. The van der Waals surface area contributed by atoms with Gasteiger partial charge in [0.25, 0.3) is 11.5 Å². The molecular formula is C24H29ClN4O2. The highest BCUT2D eigenvalue weighted by Crippen LogP contribution is 2.53. The highest BCUT2D eigenvalue weighted by Gasteiger charge is 2.51. The molecule has 6 nitrogen and oxygen atoms in total. The predicted molar refractivity (Wildman–Crippen MR) is 120 cm³/mol. The summed E-state index contributed by atoms with van der Waals surface area (Å²) in [5.74, 6) is 0.755. The summed E-state index contributed by atoms with van der Waals surface area (Å²) in [5.41, 5.74) is 5.44. The Morgan fingerprint density at radius 3 is 2.77 bits per heavy atom. The van der Waals surface area contributed by atoms with Crippen LogP contribution >= 0.6 is 11.6 Å². The Morgan fingerprint density at radius 2 is 2.00 bits per heavy atom. The van der Waals surface area contributed by atoms with E-state index in [1.54, 1.807) is 11.1 Å².